The molecule has 2 unspecified atom stereocenters. The van der Waals surface area contributed by atoms with Gasteiger partial charge in [0.1, 0.15) is 0 Å². The highest BCUT2D eigenvalue weighted by atomic mass is 127. The van der Waals surface area contributed by atoms with Crippen molar-refractivity contribution in [1.29, 1.82) is 0 Å². The van der Waals surface area contributed by atoms with Crippen molar-refractivity contribution >= 4 is 50.4 Å². The maximum atomic E-state index is 11.6. The van der Waals surface area contributed by atoms with Gasteiger partial charge in [0.05, 0.1) is 31.6 Å². The molecule has 2 aliphatic heterocycles. The van der Waals surface area contributed by atoms with Crippen molar-refractivity contribution in [3.05, 3.63) is 21.0 Å². The number of aliphatic hydroxyl groups is 1. The molecule has 1 N–H and O–H groups in total. The Labute approximate surface area is 171 Å². The predicted molar refractivity (Wildman–Crippen MR) is 120 cm³/mol. The molecule has 0 radical (unpaired) electrons. The van der Waals surface area contributed by atoms with E-state index in [9.17, 15) is 9.13 Å². The fraction of sp³-hybridized carbons (Fsp3) is 0.625. The van der Waals surface area contributed by atoms with Crippen LogP contribution < -0.4 is 0 Å². The zero-order valence-corrected chi connectivity index (χ0v) is 20.0. The van der Waals surface area contributed by atoms with Crippen LogP contribution in [0.5, 0.6) is 0 Å². The molecule has 0 amide bonds. The van der Waals surface area contributed by atoms with Gasteiger partial charge in [-0.25, -0.2) is 0 Å². The van der Waals surface area contributed by atoms with Gasteiger partial charge < -0.3 is 9.63 Å². The summed E-state index contributed by atoms with van der Waals surface area (Å²) in [6.07, 6.45) is 7.44. The summed E-state index contributed by atoms with van der Waals surface area (Å²) in [4.78, 5) is 7.88. The van der Waals surface area contributed by atoms with Crippen molar-refractivity contribution in [2.45, 2.75) is 20.8 Å². The molecular weight excluding hydrogens is 489 g/mol. The first-order valence-electron chi connectivity index (χ1n) is 8.17. The van der Waals surface area contributed by atoms with E-state index in [1.54, 1.807) is 26.5 Å². The molecule has 2 rings (SSSR count). The number of rotatable bonds is 5. The monoisotopic (exact) mass is 519 g/mol. The zero-order chi connectivity index (χ0) is 20.4. The third-order valence-electron chi connectivity index (χ3n) is 2.39. The Kier molecular flexibility index (Phi) is 19.5. The van der Waals surface area contributed by atoms with Crippen LogP contribution in [-0.2, 0) is 18.2 Å². The quantitative estimate of drug-likeness (QED) is 0.420. The van der Waals surface area contributed by atoms with Crippen LogP contribution in [0.1, 0.15) is 20.8 Å². The Morgan fingerprint density at radius 3 is 1.96 bits per heavy atom. The lowest BCUT2D eigenvalue weighted by Crippen LogP contribution is -1.91. The number of aliphatic imine (C=N–C) groups is 2. The Bertz CT molecular complexity index is 560. The topological polar surface area (TPSA) is 97.5 Å². The fourth-order valence-corrected chi connectivity index (χ4v) is 3.56. The second kappa shape index (κ2) is 18.1. The highest BCUT2D eigenvalue weighted by Gasteiger charge is 2.21. The maximum Gasteiger partial charge on any atom is 0.504 e. The molecule has 0 aliphatic carbocycles. The molecule has 0 saturated heterocycles. The van der Waals surface area contributed by atoms with Gasteiger partial charge in [0, 0.05) is 29.3 Å². The van der Waals surface area contributed by atoms with Crippen molar-refractivity contribution in [3.8, 4) is 0 Å². The molecule has 10 heteroatoms. The minimum Gasteiger partial charge on any atom is -0.397 e. The smallest absolute Gasteiger partial charge is 0.397 e. The Hall–Kier alpha value is -0.240. The standard InChI is InChI=1S/C7H12NO2P.C4H4IN.C3H8O2P.C2H6O/c1-3-10-11(2,9)7-4-5-8-6-7;5-4-1-2-6-3-4;1-3-5-6(2)4;1-2-3/h4,6H,3,5H2,1-2H3;1,3H,2H2;3H2,1-2H3;3H,2H2,1H3/q;;+1;. The lowest BCUT2D eigenvalue weighted by atomic mass is 10.6. The van der Waals surface area contributed by atoms with E-state index in [0.717, 1.165) is 11.9 Å². The molecule has 0 fully saturated rings. The molecule has 0 aromatic carbocycles. The van der Waals surface area contributed by atoms with E-state index in [1.807, 2.05) is 26.1 Å². The molecule has 2 aliphatic rings. The summed E-state index contributed by atoms with van der Waals surface area (Å²) in [6.45, 7) is 11.3. The average Bonchev–Trinajstić information content (AvgIpc) is 3.22. The van der Waals surface area contributed by atoms with E-state index < -0.39 is 15.4 Å². The van der Waals surface area contributed by atoms with E-state index in [2.05, 4.69) is 43.2 Å². The van der Waals surface area contributed by atoms with Crippen LogP contribution in [-0.4, -0.2) is 63.8 Å². The number of allylic oxidation sites excluding steroid dienone is 2. The fourth-order valence-electron chi connectivity index (χ4n) is 1.45. The van der Waals surface area contributed by atoms with E-state index in [1.165, 1.54) is 3.58 Å². The third kappa shape index (κ3) is 17.2. The van der Waals surface area contributed by atoms with Crippen molar-refractivity contribution in [2.24, 2.45) is 9.98 Å². The van der Waals surface area contributed by atoms with Crippen molar-refractivity contribution in [2.75, 3.05) is 46.2 Å². The van der Waals surface area contributed by atoms with Gasteiger partial charge in [0.15, 0.2) is 6.66 Å². The summed E-state index contributed by atoms with van der Waals surface area (Å²) in [7, 11) is -3.88. The molecule has 0 saturated carbocycles. The molecular formula is C16H30IN2O5P2+. The normalized spacial score (nSPS) is 16.7. The van der Waals surface area contributed by atoms with Crippen molar-refractivity contribution < 1.29 is 23.3 Å². The summed E-state index contributed by atoms with van der Waals surface area (Å²) in [6, 6.07) is 0. The summed E-state index contributed by atoms with van der Waals surface area (Å²) >= 11 is 2.24. The van der Waals surface area contributed by atoms with Gasteiger partial charge in [-0.05, 0) is 60.1 Å². The Morgan fingerprint density at radius 1 is 1.19 bits per heavy atom. The van der Waals surface area contributed by atoms with Gasteiger partial charge >= 0.3 is 8.03 Å². The first-order chi connectivity index (χ1) is 12.2. The molecule has 2 atom stereocenters. The van der Waals surface area contributed by atoms with E-state index >= 15 is 0 Å². The lowest BCUT2D eigenvalue weighted by molar-refractivity contribution is 0.318. The highest BCUT2D eigenvalue weighted by molar-refractivity contribution is 14.1. The minimum atomic E-state index is -2.53. The van der Waals surface area contributed by atoms with Gasteiger partial charge in [-0.3, -0.25) is 14.5 Å². The maximum absolute atomic E-state index is 11.6. The van der Waals surface area contributed by atoms with Gasteiger partial charge in [-0.2, -0.15) is 0 Å². The highest BCUT2D eigenvalue weighted by Crippen LogP contribution is 2.50. The summed E-state index contributed by atoms with van der Waals surface area (Å²) in [5, 5.41) is 8.32. The van der Waals surface area contributed by atoms with Crippen molar-refractivity contribution in [1.82, 2.24) is 0 Å². The molecule has 0 spiro atoms. The van der Waals surface area contributed by atoms with Gasteiger partial charge in [0.25, 0.3) is 0 Å². The number of hydrogen-bond acceptors (Lipinski definition) is 7. The molecule has 2 heterocycles. The summed E-state index contributed by atoms with van der Waals surface area (Å²) < 4.78 is 32.5. The number of aliphatic hydroxyl groups excluding tert-OH is 1. The van der Waals surface area contributed by atoms with Crippen LogP contribution in [0.3, 0.4) is 0 Å². The first-order valence-corrected chi connectivity index (χ1v) is 12.9. The molecule has 150 valence electrons. The molecule has 0 bridgehead atoms. The van der Waals surface area contributed by atoms with Crippen LogP contribution in [0.25, 0.3) is 0 Å². The Balaban J connectivity index is 0. The van der Waals surface area contributed by atoms with Gasteiger partial charge in [-0.1, -0.05) is 0 Å². The predicted octanol–water partition coefficient (Wildman–Crippen LogP) is 4.68. The van der Waals surface area contributed by atoms with Crippen LogP contribution in [0, 0.1) is 0 Å². The van der Waals surface area contributed by atoms with Gasteiger partial charge in [0.2, 0.25) is 7.37 Å². The zero-order valence-electron chi connectivity index (χ0n) is 16.1. The molecule has 7 nitrogen and oxygen atoms in total. The van der Waals surface area contributed by atoms with E-state index in [4.69, 9.17) is 9.63 Å². The average molecular weight is 519 g/mol. The lowest BCUT2D eigenvalue weighted by Gasteiger charge is -2.10. The van der Waals surface area contributed by atoms with Crippen LogP contribution >= 0.6 is 38.0 Å². The van der Waals surface area contributed by atoms with E-state index in [-0.39, 0.29) is 6.61 Å². The van der Waals surface area contributed by atoms with E-state index in [0.29, 0.717) is 19.8 Å². The van der Waals surface area contributed by atoms with Crippen LogP contribution in [0.15, 0.2) is 31.0 Å². The van der Waals surface area contributed by atoms with Crippen LogP contribution in [0.4, 0.5) is 0 Å². The Morgan fingerprint density at radius 2 is 1.73 bits per heavy atom. The van der Waals surface area contributed by atoms with Crippen molar-refractivity contribution in [3.63, 3.8) is 0 Å². The van der Waals surface area contributed by atoms with Crippen LogP contribution in [0.2, 0.25) is 0 Å². The number of halogens is 1. The molecule has 26 heavy (non-hydrogen) atoms. The number of nitrogens with zero attached hydrogens (tertiary/aromatic N) is 2. The second-order valence-electron chi connectivity index (χ2n) is 4.64. The molecule has 0 aromatic rings. The second-order valence-corrected chi connectivity index (χ2v) is 9.49. The summed E-state index contributed by atoms with van der Waals surface area (Å²) in [5.41, 5.74) is 0. The SMILES string of the molecule is CCO.CCOP(C)(=O)C1=CCN=C1.CCO[P+](C)=O.IC1=CCN=C1. The minimum absolute atomic E-state index is 0.250. The summed E-state index contributed by atoms with van der Waals surface area (Å²) in [5.74, 6) is 0. The molecule has 0 aromatic heterocycles. The number of hydrogen-bond donors (Lipinski definition) is 1. The third-order valence-corrected chi connectivity index (χ3v) is 5.72. The first kappa shape index (κ1) is 28.0. The van der Waals surface area contributed by atoms with Gasteiger partial charge in [-0.15, -0.1) is 4.52 Å². The largest absolute Gasteiger partial charge is 0.504 e.